The summed E-state index contributed by atoms with van der Waals surface area (Å²) in [6, 6.07) is 51.1. The molecule has 0 aliphatic heterocycles. The Hall–Kier alpha value is -5.87. The molecule has 8 aromatic rings. The number of hydrogen-bond acceptors (Lipinski definition) is 3. The van der Waals surface area contributed by atoms with Crippen molar-refractivity contribution < 1.29 is 0 Å². The lowest BCUT2D eigenvalue weighted by molar-refractivity contribution is 0.661. The van der Waals surface area contributed by atoms with E-state index in [1.165, 1.54) is 33.0 Å². The molecule has 0 atom stereocenters. The Morgan fingerprint density at radius 1 is 0.435 bits per heavy atom. The van der Waals surface area contributed by atoms with E-state index in [0.717, 1.165) is 33.3 Å². The zero-order valence-corrected chi connectivity index (χ0v) is 25.6. The first-order valence-electron chi connectivity index (χ1n) is 15.7. The van der Waals surface area contributed by atoms with Crippen LogP contribution in [0, 0.1) is 0 Å². The van der Waals surface area contributed by atoms with Crippen LogP contribution in [0.3, 0.4) is 0 Å². The Morgan fingerprint density at radius 3 is 1.83 bits per heavy atom. The van der Waals surface area contributed by atoms with E-state index in [2.05, 4.69) is 140 Å². The van der Waals surface area contributed by atoms with Gasteiger partial charge in [0.2, 0.25) is 5.95 Å². The maximum absolute atomic E-state index is 5.27. The average Bonchev–Trinajstić information content (AvgIpc) is 3.56. The lowest BCUT2D eigenvalue weighted by Crippen LogP contribution is -2.15. The number of nitrogens with zero attached hydrogens (tertiary/aromatic N) is 4. The molecule has 2 aromatic heterocycles. The summed E-state index contributed by atoms with van der Waals surface area (Å²) < 4.78 is 2.23. The molecule has 46 heavy (non-hydrogen) atoms. The number of fused-ring (bicyclic) bond motifs is 6. The summed E-state index contributed by atoms with van der Waals surface area (Å²) in [7, 11) is 0. The second-order valence-electron chi connectivity index (χ2n) is 12.5. The van der Waals surface area contributed by atoms with Crippen LogP contribution >= 0.6 is 0 Å². The molecule has 0 unspecified atom stereocenters. The highest BCUT2D eigenvalue weighted by Gasteiger charge is 2.36. The minimum atomic E-state index is -0.129. The summed E-state index contributed by atoms with van der Waals surface area (Å²) in [6.45, 7) is 4.65. The molecule has 0 saturated heterocycles. The standard InChI is InChI=1S/C42H30N4/c1-42(2)35-23-13-11-20-30(35)33-25-34-31-21-12-14-24-37(31)46(38(34)26-36(33)42)41-44-39(28-17-7-4-8-18-28)43-40(45-41)32-22-10-9-19-29(32)27-15-5-3-6-16-27/h3-26H,1-2H3. The van der Waals surface area contributed by atoms with Gasteiger partial charge in [-0.2, -0.15) is 9.97 Å². The maximum Gasteiger partial charge on any atom is 0.238 e. The van der Waals surface area contributed by atoms with Crippen LogP contribution in [0.5, 0.6) is 0 Å². The third kappa shape index (κ3) is 3.97. The summed E-state index contributed by atoms with van der Waals surface area (Å²) in [5.41, 5.74) is 11.4. The van der Waals surface area contributed by atoms with Crippen molar-refractivity contribution in [2.45, 2.75) is 19.3 Å². The highest BCUT2D eigenvalue weighted by atomic mass is 15.2. The van der Waals surface area contributed by atoms with E-state index in [1.807, 2.05) is 24.3 Å². The molecule has 218 valence electrons. The minimum absolute atomic E-state index is 0.129. The predicted octanol–water partition coefficient (Wildman–Crippen LogP) is 10.3. The highest BCUT2D eigenvalue weighted by Crippen LogP contribution is 2.50. The fraction of sp³-hybridized carbons (Fsp3) is 0.0714. The first-order chi connectivity index (χ1) is 22.6. The van der Waals surface area contributed by atoms with Gasteiger partial charge in [0.05, 0.1) is 11.0 Å². The minimum Gasteiger partial charge on any atom is -0.278 e. The van der Waals surface area contributed by atoms with E-state index in [-0.39, 0.29) is 5.41 Å². The maximum atomic E-state index is 5.27. The first kappa shape index (κ1) is 26.5. The number of rotatable bonds is 4. The van der Waals surface area contributed by atoms with Gasteiger partial charge in [-0.25, -0.2) is 4.98 Å². The Kier molecular flexibility index (Phi) is 5.81. The van der Waals surface area contributed by atoms with Gasteiger partial charge in [-0.05, 0) is 51.6 Å². The van der Waals surface area contributed by atoms with Crippen molar-refractivity contribution in [2.24, 2.45) is 0 Å². The summed E-state index contributed by atoms with van der Waals surface area (Å²) >= 11 is 0. The Bertz CT molecular complexity index is 2440. The molecule has 6 aromatic carbocycles. The van der Waals surface area contributed by atoms with Gasteiger partial charge in [-0.3, -0.25) is 4.57 Å². The van der Waals surface area contributed by atoms with Gasteiger partial charge >= 0.3 is 0 Å². The molecule has 0 fully saturated rings. The third-order valence-corrected chi connectivity index (χ3v) is 9.48. The van der Waals surface area contributed by atoms with Crippen molar-refractivity contribution in [3.05, 3.63) is 157 Å². The smallest absolute Gasteiger partial charge is 0.238 e. The third-order valence-electron chi connectivity index (χ3n) is 9.48. The van der Waals surface area contributed by atoms with E-state index in [1.54, 1.807) is 0 Å². The molecule has 0 spiro atoms. The number of benzene rings is 6. The van der Waals surface area contributed by atoms with Crippen LogP contribution in [-0.2, 0) is 5.41 Å². The SMILES string of the molecule is CC1(C)c2ccccc2-c2cc3c4ccccc4n(-c4nc(-c5ccccc5)nc(-c5ccccc5-c5ccccc5)n4)c3cc21. The Labute approximate surface area is 267 Å². The molecule has 0 radical (unpaired) electrons. The summed E-state index contributed by atoms with van der Waals surface area (Å²) in [6.07, 6.45) is 0. The fourth-order valence-electron chi connectivity index (χ4n) is 7.23. The van der Waals surface area contributed by atoms with Crippen molar-refractivity contribution in [2.75, 3.05) is 0 Å². The molecular weight excluding hydrogens is 560 g/mol. The molecule has 4 nitrogen and oxygen atoms in total. The second-order valence-corrected chi connectivity index (χ2v) is 12.5. The quantitative estimate of drug-likeness (QED) is 0.205. The fourth-order valence-corrected chi connectivity index (χ4v) is 7.23. The highest BCUT2D eigenvalue weighted by molar-refractivity contribution is 6.11. The molecule has 0 bridgehead atoms. The van der Waals surface area contributed by atoms with E-state index < -0.39 is 0 Å². The Balaban J connectivity index is 1.35. The average molecular weight is 591 g/mol. The van der Waals surface area contributed by atoms with Gasteiger partial charge in [0.1, 0.15) is 0 Å². The van der Waals surface area contributed by atoms with Crippen molar-refractivity contribution in [1.29, 1.82) is 0 Å². The topological polar surface area (TPSA) is 43.6 Å². The van der Waals surface area contributed by atoms with Crippen LogP contribution in [-0.4, -0.2) is 19.5 Å². The van der Waals surface area contributed by atoms with Crippen LogP contribution in [0.2, 0.25) is 0 Å². The number of hydrogen-bond donors (Lipinski definition) is 0. The molecule has 1 aliphatic carbocycles. The zero-order valence-electron chi connectivity index (χ0n) is 25.6. The van der Waals surface area contributed by atoms with Gasteiger partial charge in [-0.15, -0.1) is 0 Å². The van der Waals surface area contributed by atoms with Gasteiger partial charge in [0.25, 0.3) is 0 Å². The van der Waals surface area contributed by atoms with Crippen LogP contribution in [0.15, 0.2) is 146 Å². The van der Waals surface area contributed by atoms with Gasteiger partial charge < -0.3 is 0 Å². The van der Waals surface area contributed by atoms with E-state index >= 15 is 0 Å². The largest absolute Gasteiger partial charge is 0.278 e. The van der Waals surface area contributed by atoms with Crippen LogP contribution < -0.4 is 0 Å². The van der Waals surface area contributed by atoms with Crippen molar-refractivity contribution >= 4 is 21.8 Å². The summed E-state index contributed by atoms with van der Waals surface area (Å²) in [5, 5.41) is 2.37. The van der Waals surface area contributed by atoms with Gasteiger partial charge in [-0.1, -0.05) is 141 Å². The van der Waals surface area contributed by atoms with Crippen LogP contribution in [0.4, 0.5) is 0 Å². The van der Waals surface area contributed by atoms with Crippen LogP contribution in [0.25, 0.3) is 72.8 Å². The predicted molar refractivity (Wildman–Crippen MR) is 188 cm³/mol. The van der Waals surface area contributed by atoms with Crippen molar-refractivity contribution in [3.63, 3.8) is 0 Å². The molecule has 0 N–H and O–H groups in total. The summed E-state index contributed by atoms with van der Waals surface area (Å²) in [4.78, 5) is 15.6. The number of para-hydroxylation sites is 1. The monoisotopic (exact) mass is 590 g/mol. The lowest BCUT2D eigenvalue weighted by atomic mass is 9.82. The van der Waals surface area contributed by atoms with Crippen molar-refractivity contribution in [3.8, 4) is 51.0 Å². The van der Waals surface area contributed by atoms with Crippen molar-refractivity contribution in [1.82, 2.24) is 19.5 Å². The Morgan fingerprint density at radius 2 is 1.04 bits per heavy atom. The molecule has 2 heterocycles. The normalized spacial score (nSPS) is 13.2. The molecule has 1 aliphatic rings. The van der Waals surface area contributed by atoms with E-state index in [9.17, 15) is 0 Å². The first-order valence-corrected chi connectivity index (χ1v) is 15.7. The molecule has 4 heteroatoms. The number of aromatic nitrogens is 4. The van der Waals surface area contributed by atoms with E-state index in [4.69, 9.17) is 15.0 Å². The van der Waals surface area contributed by atoms with Gasteiger partial charge in [0.15, 0.2) is 11.6 Å². The molecule has 9 rings (SSSR count). The summed E-state index contributed by atoms with van der Waals surface area (Å²) in [5.74, 6) is 1.89. The zero-order chi connectivity index (χ0) is 30.8. The van der Waals surface area contributed by atoms with E-state index in [0.29, 0.717) is 17.6 Å². The molecular formula is C42H30N4. The van der Waals surface area contributed by atoms with Crippen LogP contribution in [0.1, 0.15) is 25.0 Å². The molecule has 0 saturated carbocycles. The second kappa shape index (κ2) is 10.1. The molecule has 0 amide bonds. The lowest BCUT2D eigenvalue weighted by Gasteiger charge is -2.21. The van der Waals surface area contributed by atoms with Gasteiger partial charge in [0, 0.05) is 27.3 Å².